The Morgan fingerprint density at radius 1 is 1.25 bits per heavy atom. The maximum atomic E-state index is 11.4. The van der Waals surface area contributed by atoms with Gasteiger partial charge in [0.25, 0.3) is 0 Å². The van der Waals surface area contributed by atoms with Crippen LogP contribution in [-0.4, -0.2) is 35.7 Å². The Labute approximate surface area is 120 Å². The van der Waals surface area contributed by atoms with Gasteiger partial charge in [-0.1, -0.05) is 29.8 Å². The van der Waals surface area contributed by atoms with Gasteiger partial charge in [0.2, 0.25) is 15.0 Å². The van der Waals surface area contributed by atoms with Crippen LogP contribution >= 0.6 is 11.6 Å². The molecule has 6 nitrogen and oxygen atoms in total. The van der Waals surface area contributed by atoms with E-state index in [1.165, 1.54) is 0 Å². The lowest BCUT2D eigenvalue weighted by molar-refractivity contribution is 0.0690. The molecule has 1 heterocycles. The molecule has 0 spiro atoms. The van der Waals surface area contributed by atoms with Gasteiger partial charge in [-0.2, -0.15) is 0 Å². The fraction of sp³-hybridized carbons (Fsp3) is 0.0833. The molecule has 20 heavy (non-hydrogen) atoms. The number of hydrogen-bond donors (Lipinski definition) is 1. The van der Waals surface area contributed by atoms with Crippen molar-refractivity contribution in [3.05, 3.63) is 41.2 Å². The predicted molar refractivity (Wildman–Crippen MR) is 72.5 cm³/mol. The van der Waals surface area contributed by atoms with E-state index < -0.39 is 26.7 Å². The van der Waals surface area contributed by atoms with E-state index in [4.69, 9.17) is 11.6 Å². The predicted octanol–water partition coefficient (Wildman–Crippen LogP) is 1.90. The van der Waals surface area contributed by atoms with Crippen LogP contribution in [-0.2, 0) is 9.84 Å². The highest BCUT2D eigenvalue weighted by Gasteiger charge is 2.20. The maximum absolute atomic E-state index is 11.4. The van der Waals surface area contributed by atoms with E-state index in [0.29, 0.717) is 10.6 Å². The fourth-order valence-electron chi connectivity index (χ4n) is 1.58. The van der Waals surface area contributed by atoms with Crippen LogP contribution in [0, 0.1) is 0 Å². The van der Waals surface area contributed by atoms with E-state index in [0.717, 1.165) is 12.5 Å². The number of carboxylic acid groups (broad SMARTS) is 1. The smallest absolute Gasteiger partial charge is 0.355 e. The van der Waals surface area contributed by atoms with E-state index in [1.807, 2.05) is 0 Å². The van der Waals surface area contributed by atoms with Gasteiger partial charge in [-0.15, -0.1) is 0 Å². The van der Waals surface area contributed by atoms with Gasteiger partial charge in [0.1, 0.15) is 0 Å². The highest BCUT2D eigenvalue weighted by Crippen LogP contribution is 2.29. The number of sulfone groups is 1. The van der Waals surface area contributed by atoms with Crippen LogP contribution in [0.1, 0.15) is 10.5 Å². The van der Waals surface area contributed by atoms with Crippen molar-refractivity contribution in [2.75, 3.05) is 6.26 Å². The number of hydrogen-bond acceptors (Lipinski definition) is 5. The molecule has 2 rings (SSSR count). The molecule has 0 aliphatic rings. The number of aromatic carboxylic acids is 1. The highest BCUT2D eigenvalue weighted by molar-refractivity contribution is 7.90. The van der Waals surface area contributed by atoms with Crippen molar-refractivity contribution >= 4 is 27.4 Å². The van der Waals surface area contributed by atoms with Gasteiger partial charge in [0, 0.05) is 28.6 Å². The average molecular weight is 313 g/mol. The third-order valence-corrected chi connectivity index (χ3v) is 3.65. The molecule has 0 radical (unpaired) electrons. The summed E-state index contributed by atoms with van der Waals surface area (Å²) in [5.41, 5.74) is 0.177. The quantitative estimate of drug-likeness (QED) is 0.869. The zero-order chi connectivity index (χ0) is 14.9. The number of carboxylic acids is 1. The lowest BCUT2D eigenvalue weighted by atomic mass is 10.1. The Morgan fingerprint density at radius 3 is 2.45 bits per heavy atom. The van der Waals surface area contributed by atoms with Crippen LogP contribution in [0.3, 0.4) is 0 Å². The molecule has 0 aliphatic carbocycles. The van der Waals surface area contributed by atoms with Crippen molar-refractivity contribution in [1.82, 2.24) is 9.97 Å². The lowest BCUT2D eigenvalue weighted by Crippen LogP contribution is -2.11. The molecule has 0 fully saturated rings. The largest absolute Gasteiger partial charge is 0.476 e. The third kappa shape index (κ3) is 2.78. The van der Waals surface area contributed by atoms with E-state index in [2.05, 4.69) is 9.97 Å². The first-order valence-corrected chi connectivity index (χ1v) is 7.63. The third-order valence-electron chi connectivity index (χ3n) is 2.46. The van der Waals surface area contributed by atoms with E-state index in [-0.39, 0.29) is 5.56 Å². The molecule has 0 bridgehead atoms. The van der Waals surface area contributed by atoms with Crippen molar-refractivity contribution in [1.29, 1.82) is 0 Å². The Morgan fingerprint density at radius 2 is 1.90 bits per heavy atom. The molecule has 1 aromatic heterocycles. The second kappa shape index (κ2) is 5.18. The average Bonchev–Trinajstić information content (AvgIpc) is 2.37. The van der Waals surface area contributed by atoms with Crippen LogP contribution in [0.2, 0.25) is 5.02 Å². The highest BCUT2D eigenvalue weighted by atomic mass is 35.5. The monoisotopic (exact) mass is 312 g/mol. The van der Waals surface area contributed by atoms with Crippen LogP contribution in [0.25, 0.3) is 11.1 Å². The summed E-state index contributed by atoms with van der Waals surface area (Å²) in [4.78, 5) is 18.6. The molecule has 8 heteroatoms. The SMILES string of the molecule is CS(=O)(=O)c1ncc(-c2ccccc2Cl)c(C(=O)O)n1. The minimum Gasteiger partial charge on any atom is -0.476 e. The summed E-state index contributed by atoms with van der Waals surface area (Å²) in [7, 11) is -3.69. The molecule has 1 N–H and O–H groups in total. The summed E-state index contributed by atoms with van der Waals surface area (Å²) in [6.07, 6.45) is 2.05. The maximum Gasteiger partial charge on any atom is 0.355 e. The number of benzene rings is 1. The molecule has 0 amide bonds. The molecule has 2 aromatic rings. The Hall–Kier alpha value is -1.99. The van der Waals surface area contributed by atoms with Gasteiger partial charge in [-0.25, -0.2) is 23.2 Å². The molecule has 1 aromatic carbocycles. The van der Waals surface area contributed by atoms with Crippen LogP contribution in [0.5, 0.6) is 0 Å². The summed E-state index contributed by atoms with van der Waals surface area (Å²) in [5, 5.41) is 8.97. The number of carbonyl (C=O) groups is 1. The van der Waals surface area contributed by atoms with Crippen molar-refractivity contribution in [3.8, 4) is 11.1 Å². The number of rotatable bonds is 3. The zero-order valence-electron chi connectivity index (χ0n) is 10.2. The fourth-order valence-corrected chi connectivity index (χ4v) is 2.32. The second-order valence-corrected chi connectivity index (χ2v) is 6.29. The minimum absolute atomic E-state index is 0.163. The molecular weight excluding hydrogens is 304 g/mol. The lowest BCUT2D eigenvalue weighted by Gasteiger charge is -2.08. The summed E-state index contributed by atoms with van der Waals surface area (Å²) in [5.74, 6) is -1.35. The normalized spacial score (nSPS) is 11.3. The van der Waals surface area contributed by atoms with Crippen LogP contribution in [0.4, 0.5) is 0 Å². The van der Waals surface area contributed by atoms with Crippen LogP contribution < -0.4 is 0 Å². The molecule has 104 valence electrons. The molecule has 0 saturated carbocycles. The van der Waals surface area contributed by atoms with Gasteiger partial charge in [0.15, 0.2) is 5.69 Å². The summed E-state index contributed by atoms with van der Waals surface area (Å²) in [6, 6.07) is 6.57. The number of nitrogens with zero attached hydrogens (tertiary/aromatic N) is 2. The van der Waals surface area contributed by atoms with Gasteiger partial charge in [-0.3, -0.25) is 0 Å². The Balaban J connectivity index is 2.73. The molecule has 0 atom stereocenters. The standard InChI is InChI=1S/C12H9ClN2O4S/c1-20(18,19)12-14-6-8(10(15-12)11(16)17)7-4-2-3-5-9(7)13/h2-6H,1H3,(H,16,17). The van der Waals surface area contributed by atoms with Gasteiger partial charge in [0.05, 0.1) is 0 Å². The van der Waals surface area contributed by atoms with Gasteiger partial charge in [-0.05, 0) is 6.07 Å². The van der Waals surface area contributed by atoms with Crippen molar-refractivity contribution in [2.45, 2.75) is 5.16 Å². The topological polar surface area (TPSA) is 97.2 Å². The Bertz CT molecular complexity index is 790. The van der Waals surface area contributed by atoms with Gasteiger partial charge < -0.3 is 5.11 Å². The Kier molecular flexibility index (Phi) is 3.74. The van der Waals surface area contributed by atoms with E-state index in [9.17, 15) is 18.3 Å². The minimum atomic E-state index is -3.69. The van der Waals surface area contributed by atoms with E-state index in [1.54, 1.807) is 24.3 Å². The zero-order valence-corrected chi connectivity index (χ0v) is 11.8. The molecule has 0 aliphatic heterocycles. The first-order valence-electron chi connectivity index (χ1n) is 5.36. The van der Waals surface area contributed by atoms with Crippen molar-refractivity contribution < 1.29 is 18.3 Å². The first kappa shape index (κ1) is 14.4. The first-order chi connectivity index (χ1) is 9.30. The van der Waals surface area contributed by atoms with Crippen molar-refractivity contribution in [3.63, 3.8) is 0 Å². The van der Waals surface area contributed by atoms with Crippen LogP contribution in [0.15, 0.2) is 35.6 Å². The molecule has 0 saturated heterocycles. The van der Waals surface area contributed by atoms with Crippen molar-refractivity contribution in [2.24, 2.45) is 0 Å². The summed E-state index contributed by atoms with van der Waals surface area (Å²) < 4.78 is 22.8. The van der Waals surface area contributed by atoms with E-state index >= 15 is 0 Å². The summed E-state index contributed by atoms with van der Waals surface area (Å²) in [6.45, 7) is 0. The molecule has 0 unspecified atom stereocenters. The number of aromatic nitrogens is 2. The second-order valence-electron chi connectivity index (χ2n) is 3.97. The molecular formula is C12H9ClN2O4S. The van der Waals surface area contributed by atoms with Gasteiger partial charge >= 0.3 is 5.97 Å². The number of halogens is 1. The summed E-state index contributed by atoms with van der Waals surface area (Å²) >= 11 is 6.00.